The first-order valence-electron chi connectivity index (χ1n) is 6.34. The summed E-state index contributed by atoms with van der Waals surface area (Å²) in [7, 11) is 0. The Balaban J connectivity index is 2.31. The lowest BCUT2D eigenvalue weighted by molar-refractivity contribution is 0.0933. The van der Waals surface area contributed by atoms with Crippen LogP contribution in [0.4, 0.5) is 13.2 Å². The fraction of sp³-hybridized carbons (Fsp3) is 0.286. The SMILES string of the molecule is Cc1noc(C)c1[C@H](C)NC(=O)c1cc(F)c(F)c(O)c1F. The number of hydrogen-bond acceptors (Lipinski definition) is 4. The molecule has 0 aliphatic carbocycles. The molecule has 118 valence electrons. The highest BCUT2D eigenvalue weighted by atomic mass is 19.2. The van der Waals surface area contributed by atoms with E-state index in [1.807, 2.05) is 0 Å². The van der Waals surface area contributed by atoms with Gasteiger partial charge in [0.2, 0.25) is 5.82 Å². The Morgan fingerprint density at radius 1 is 1.32 bits per heavy atom. The van der Waals surface area contributed by atoms with Crippen LogP contribution in [0.25, 0.3) is 0 Å². The third kappa shape index (κ3) is 2.63. The van der Waals surface area contributed by atoms with Crippen LogP contribution < -0.4 is 5.32 Å². The molecule has 0 spiro atoms. The third-order valence-electron chi connectivity index (χ3n) is 3.25. The molecule has 2 rings (SSSR count). The molecule has 1 atom stereocenters. The van der Waals surface area contributed by atoms with E-state index in [1.165, 1.54) is 0 Å². The average molecular weight is 314 g/mol. The van der Waals surface area contributed by atoms with Crippen molar-refractivity contribution in [2.75, 3.05) is 0 Å². The molecule has 5 nitrogen and oxygen atoms in total. The molecule has 0 aliphatic heterocycles. The molecular weight excluding hydrogens is 301 g/mol. The minimum atomic E-state index is -1.74. The van der Waals surface area contributed by atoms with Gasteiger partial charge >= 0.3 is 0 Å². The summed E-state index contributed by atoms with van der Waals surface area (Å²) in [6.45, 7) is 4.91. The van der Waals surface area contributed by atoms with E-state index in [2.05, 4.69) is 10.5 Å². The molecule has 2 aromatic rings. The number of nitrogens with zero attached hydrogens (tertiary/aromatic N) is 1. The van der Waals surface area contributed by atoms with Crippen molar-refractivity contribution in [3.8, 4) is 5.75 Å². The van der Waals surface area contributed by atoms with Crippen molar-refractivity contribution in [1.82, 2.24) is 10.5 Å². The van der Waals surface area contributed by atoms with Gasteiger partial charge in [-0.2, -0.15) is 4.39 Å². The molecule has 0 radical (unpaired) electrons. The Hall–Kier alpha value is -2.51. The molecular formula is C14H13F3N2O3. The van der Waals surface area contributed by atoms with Crippen molar-refractivity contribution < 1.29 is 27.6 Å². The summed E-state index contributed by atoms with van der Waals surface area (Å²) >= 11 is 0. The second-order valence-electron chi connectivity index (χ2n) is 4.82. The molecule has 0 bridgehead atoms. The van der Waals surface area contributed by atoms with Crippen molar-refractivity contribution in [3.05, 3.63) is 46.1 Å². The monoisotopic (exact) mass is 314 g/mol. The van der Waals surface area contributed by atoms with Crippen molar-refractivity contribution >= 4 is 5.91 Å². The number of hydrogen-bond donors (Lipinski definition) is 2. The highest BCUT2D eigenvalue weighted by Crippen LogP contribution is 2.27. The maximum absolute atomic E-state index is 13.7. The first-order chi connectivity index (χ1) is 10.2. The number of amides is 1. The molecule has 22 heavy (non-hydrogen) atoms. The predicted molar refractivity (Wildman–Crippen MR) is 69.8 cm³/mol. The van der Waals surface area contributed by atoms with Crippen LogP contribution in [-0.4, -0.2) is 16.2 Å². The summed E-state index contributed by atoms with van der Waals surface area (Å²) in [5, 5.41) is 15.3. The standard InChI is InChI=1S/C14H13F3N2O3/c1-5(10-6(2)19-22-7(10)3)18-14(21)8-4-9(15)12(17)13(20)11(8)16/h4-5,20H,1-3H3,(H,18,21)/t5-/m0/s1. The van der Waals surface area contributed by atoms with Crippen molar-refractivity contribution in [2.24, 2.45) is 0 Å². The van der Waals surface area contributed by atoms with Crippen LogP contribution in [0, 0.1) is 31.3 Å². The van der Waals surface area contributed by atoms with Crippen LogP contribution in [0.3, 0.4) is 0 Å². The predicted octanol–water partition coefficient (Wildman–Crippen LogP) is 2.91. The zero-order valence-corrected chi connectivity index (χ0v) is 12.0. The van der Waals surface area contributed by atoms with Gasteiger partial charge in [0.05, 0.1) is 17.3 Å². The lowest BCUT2D eigenvalue weighted by Gasteiger charge is -2.14. The Bertz CT molecular complexity index is 724. The molecule has 1 aromatic heterocycles. The number of aromatic nitrogens is 1. The fourth-order valence-corrected chi connectivity index (χ4v) is 2.21. The Morgan fingerprint density at radius 2 is 1.95 bits per heavy atom. The van der Waals surface area contributed by atoms with E-state index >= 15 is 0 Å². The third-order valence-corrected chi connectivity index (χ3v) is 3.25. The topological polar surface area (TPSA) is 75.4 Å². The Labute approximate surface area is 123 Å². The van der Waals surface area contributed by atoms with Gasteiger partial charge in [-0.25, -0.2) is 8.78 Å². The van der Waals surface area contributed by atoms with E-state index in [4.69, 9.17) is 9.63 Å². The summed E-state index contributed by atoms with van der Waals surface area (Å²) in [6, 6.07) is -0.215. The summed E-state index contributed by atoms with van der Waals surface area (Å²) in [4.78, 5) is 12.0. The molecule has 0 unspecified atom stereocenters. The van der Waals surface area contributed by atoms with Gasteiger partial charge in [-0.05, 0) is 26.8 Å². The Kier molecular flexibility index (Phi) is 4.11. The normalized spacial score (nSPS) is 12.3. The van der Waals surface area contributed by atoms with Crippen LogP contribution in [0.5, 0.6) is 5.75 Å². The summed E-state index contributed by atoms with van der Waals surface area (Å²) in [5.41, 5.74) is 0.342. The van der Waals surface area contributed by atoms with Crippen LogP contribution >= 0.6 is 0 Å². The largest absolute Gasteiger partial charge is 0.503 e. The van der Waals surface area contributed by atoms with Crippen LogP contribution in [0.15, 0.2) is 10.6 Å². The molecule has 0 aliphatic rings. The number of phenols is 1. The number of aryl methyl sites for hydroxylation is 2. The van der Waals surface area contributed by atoms with E-state index in [0.717, 1.165) is 0 Å². The zero-order valence-electron chi connectivity index (χ0n) is 12.0. The minimum Gasteiger partial charge on any atom is -0.503 e. The van der Waals surface area contributed by atoms with Gasteiger partial charge in [-0.3, -0.25) is 4.79 Å². The number of nitrogens with one attached hydrogen (secondary N) is 1. The molecule has 1 amide bonds. The Morgan fingerprint density at radius 3 is 2.50 bits per heavy atom. The van der Waals surface area contributed by atoms with E-state index < -0.39 is 40.7 Å². The van der Waals surface area contributed by atoms with Gasteiger partial charge in [-0.1, -0.05) is 5.16 Å². The van der Waals surface area contributed by atoms with E-state index in [-0.39, 0.29) is 0 Å². The second-order valence-corrected chi connectivity index (χ2v) is 4.82. The summed E-state index contributed by atoms with van der Waals surface area (Å²) in [6.07, 6.45) is 0. The van der Waals surface area contributed by atoms with Gasteiger partial charge < -0.3 is 14.9 Å². The summed E-state index contributed by atoms with van der Waals surface area (Å²) < 4.78 is 44.9. The number of aromatic hydroxyl groups is 1. The number of carbonyl (C=O) groups is 1. The minimum absolute atomic E-state index is 0.389. The number of carbonyl (C=O) groups excluding carboxylic acids is 1. The van der Waals surface area contributed by atoms with Crippen molar-refractivity contribution in [1.29, 1.82) is 0 Å². The summed E-state index contributed by atoms with van der Waals surface area (Å²) in [5.74, 6) is -6.85. The van der Waals surface area contributed by atoms with Crippen LogP contribution in [-0.2, 0) is 0 Å². The molecule has 0 saturated carbocycles. The van der Waals surface area contributed by atoms with Gasteiger partial charge in [0.15, 0.2) is 17.4 Å². The highest BCUT2D eigenvalue weighted by Gasteiger charge is 2.25. The van der Waals surface area contributed by atoms with Crippen LogP contribution in [0.1, 0.15) is 40.3 Å². The van der Waals surface area contributed by atoms with Gasteiger partial charge in [0, 0.05) is 5.56 Å². The molecule has 0 saturated heterocycles. The maximum Gasteiger partial charge on any atom is 0.254 e. The molecule has 1 heterocycles. The van der Waals surface area contributed by atoms with Crippen LogP contribution in [0.2, 0.25) is 0 Å². The molecule has 1 aromatic carbocycles. The molecule has 0 fully saturated rings. The highest BCUT2D eigenvalue weighted by molar-refractivity contribution is 5.95. The smallest absolute Gasteiger partial charge is 0.254 e. The maximum atomic E-state index is 13.7. The lowest BCUT2D eigenvalue weighted by atomic mass is 10.1. The van der Waals surface area contributed by atoms with E-state index in [9.17, 15) is 18.0 Å². The van der Waals surface area contributed by atoms with Crippen molar-refractivity contribution in [2.45, 2.75) is 26.8 Å². The van der Waals surface area contributed by atoms with Gasteiger partial charge in [-0.15, -0.1) is 0 Å². The van der Waals surface area contributed by atoms with Gasteiger partial charge in [0.25, 0.3) is 5.91 Å². The number of halogens is 3. The number of phenolic OH excluding ortho intramolecular Hbond substituents is 1. The van der Waals surface area contributed by atoms with E-state index in [0.29, 0.717) is 23.1 Å². The molecule has 2 N–H and O–H groups in total. The number of benzene rings is 1. The lowest BCUT2D eigenvalue weighted by Crippen LogP contribution is -2.28. The van der Waals surface area contributed by atoms with Gasteiger partial charge in [0.1, 0.15) is 5.76 Å². The fourth-order valence-electron chi connectivity index (χ4n) is 2.21. The second kappa shape index (κ2) is 5.70. The van der Waals surface area contributed by atoms with E-state index in [1.54, 1.807) is 20.8 Å². The zero-order chi connectivity index (χ0) is 16.6. The quantitative estimate of drug-likeness (QED) is 0.854. The van der Waals surface area contributed by atoms with Crippen molar-refractivity contribution in [3.63, 3.8) is 0 Å². The molecule has 8 heteroatoms. The number of rotatable bonds is 3. The first kappa shape index (κ1) is 15.9. The first-order valence-corrected chi connectivity index (χ1v) is 6.34. The average Bonchev–Trinajstić information content (AvgIpc) is 2.79.